The second kappa shape index (κ2) is 8.53. The average molecular weight is 345 g/mol. The Balaban J connectivity index is 2.01. The van der Waals surface area contributed by atoms with Gasteiger partial charge in [-0.3, -0.25) is 29.0 Å². The molecule has 25 heavy (non-hydrogen) atoms. The summed E-state index contributed by atoms with van der Waals surface area (Å²) in [6.45, 7) is 2.51. The van der Waals surface area contributed by atoms with Crippen LogP contribution in [0.5, 0.6) is 0 Å². The van der Waals surface area contributed by atoms with Crippen LogP contribution in [-0.4, -0.2) is 66.0 Å². The lowest BCUT2D eigenvalue weighted by Gasteiger charge is -2.31. The zero-order valence-corrected chi connectivity index (χ0v) is 14.5. The zero-order chi connectivity index (χ0) is 18.4. The van der Waals surface area contributed by atoms with Gasteiger partial charge in [-0.05, 0) is 20.0 Å². The molecule has 0 saturated carbocycles. The topological polar surface area (TPSA) is 86.8 Å². The van der Waals surface area contributed by atoms with Crippen molar-refractivity contribution in [1.29, 1.82) is 0 Å². The Morgan fingerprint density at radius 1 is 1.24 bits per heavy atom. The minimum absolute atomic E-state index is 0.127. The van der Waals surface area contributed by atoms with E-state index in [1.165, 1.54) is 0 Å². The van der Waals surface area contributed by atoms with Crippen LogP contribution in [-0.2, 0) is 14.4 Å². The predicted molar refractivity (Wildman–Crippen MR) is 91.8 cm³/mol. The smallest absolute Gasteiger partial charge is 0.252 e. The summed E-state index contributed by atoms with van der Waals surface area (Å²) in [6, 6.07) is 7.74. The molecule has 1 saturated heterocycles. The minimum atomic E-state index is -0.765. The van der Waals surface area contributed by atoms with Crippen molar-refractivity contribution in [2.75, 3.05) is 26.7 Å². The van der Waals surface area contributed by atoms with Crippen LogP contribution >= 0.6 is 0 Å². The lowest BCUT2D eigenvalue weighted by atomic mass is 10.0. The van der Waals surface area contributed by atoms with E-state index in [1.807, 2.05) is 11.8 Å². The molecule has 1 fully saturated rings. The molecule has 1 N–H and O–H groups in total. The fourth-order valence-corrected chi connectivity index (χ4v) is 2.59. The van der Waals surface area contributed by atoms with E-state index in [4.69, 9.17) is 0 Å². The van der Waals surface area contributed by atoms with Gasteiger partial charge in [-0.15, -0.1) is 0 Å². The highest BCUT2D eigenvalue weighted by atomic mass is 16.2. The Bertz CT molecular complexity index is 660. The summed E-state index contributed by atoms with van der Waals surface area (Å²) in [4.78, 5) is 51.6. The van der Waals surface area contributed by atoms with Crippen LogP contribution in [0.15, 0.2) is 30.3 Å². The summed E-state index contributed by atoms with van der Waals surface area (Å²) in [5, 5.41) is 2.66. The molecule has 7 heteroatoms. The van der Waals surface area contributed by atoms with Gasteiger partial charge in [0, 0.05) is 12.0 Å². The Hall–Kier alpha value is -2.54. The number of rotatable bonds is 7. The van der Waals surface area contributed by atoms with E-state index in [9.17, 15) is 19.2 Å². The molecule has 7 nitrogen and oxygen atoms in total. The highest BCUT2D eigenvalue weighted by Crippen LogP contribution is 2.14. The molecule has 1 aliphatic rings. The molecule has 3 amide bonds. The molecule has 1 aromatic rings. The molecule has 1 atom stereocenters. The molecule has 0 aliphatic carbocycles. The van der Waals surface area contributed by atoms with Crippen LogP contribution in [0.4, 0.5) is 0 Å². The molecular weight excluding hydrogens is 322 g/mol. The van der Waals surface area contributed by atoms with Crippen LogP contribution in [0.2, 0.25) is 0 Å². The number of likely N-dealkylation sites (N-methyl/N-ethyl adjacent to an activating group) is 1. The van der Waals surface area contributed by atoms with Gasteiger partial charge in [0.25, 0.3) is 5.91 Å². The van der Waals surface area contributed by atoms with E-state index in [-0.39, 0.29) is 43.5 Å². The third-order valence-corrected chi connectivity index (χ3v) is 4.20. The zero-order valence-electron chi connectivity index (χ0n) is 14.5. The van der Waals surface area contributed by atoms with Gasteiger partial charge in [-0.1, -0.05) is 37.3 Å². The average Bonchev–Trinajstić information content (AvgIpc) is 2.61. The van der Waals surface area contributed by atoms with Gasteiger partial charge in [0.15, 0.2) is 5.78 Å². The molecule has 0 aromatic heterocycles. The van der Waals surface area contributed by atoms with E-state index in [1.54, 1.807) is 37.4 Å². The first-order valence-corrected chi connectivity index (χ1v) is 8.32. The van der Waals surface area contributed by atoms with E-state index in [2.05, 4.69) is 5.32 Å². The maximum Gasteiger partial charge on any atom is 0.252 e. The number of benzene rings is 1. The first-order valence-electron chi connectivity index (χ1n) is 8.32. The quantitative estimate of drug-likeness (QED) is 0.573. The van der Waals surface area contributed by atoms with Crippen molar-refractivity contribution in [1.82, 2.24) is 15.1 Å². The van der Waals surface area contributed by atoms with E-state index >= 15 is 0 Å². The van der Waals surface area contributed by atoms with Crippen molar-refractivity contribution in [3.8, 4) is 0 Å². The van der Waals surface area contributed by atoms with Crippen molar-refractivity contribution < 1.29 is 19.2 Å². The molecule has 2 rings (SSSR count). The van der Waals surface area contributed by atoms with E-state index < -0.39 is 11.9 Å². The van der Waals surface area contributed by atoms with E-state index in [0.29, 0.717) is 12.1 Å². The Morgan fingerprint density at radius 3 is 2.56 bits per heavy atom. The Morgan fingerprint density at radius 2 is 1.92 bits per heavy atom. The summed E-state index contributed by atoms with van der Waals surface area (Å²) >= 11 is 0. The molecule has 0 spiro atoms. The number of carbonyl (C=O) groups excluding carboxylic acids is 4. The van der Waals surface area contributed by atoms with Crippen LogP contribution in [0.1, 0.15) is 30.1 Å². The Kier molecular flexibility index (Phi) is 6.41. The fourth-order valence-electron chi connectivity index (χ4n) is 2.59. The lowest BCUT2D eigenvalue weighted by Crippen LogP contribution is -2.56. The fraction of sp³-hybridized carbons (Fsp3) is 0.444. The van der Waals surface area contributed by atoms with Gasteiger partial charge in [0.1, 0.15) is 6.04 Å². The summed E-state index contributed by atoms with van der Waals surface area (Å²) in [5.74, 6) is -1.48. The van der Waals surface area contributed by atoms with E-state index in [0.717, 1.165) is 4.90 Å². The molecule has 1 aromatic carbocycles. The van der Waals surface area contributed by atoms with Crippen LogP contribution < -0.4 is 5.32 Å². The number of imide groups is 1. The highest BCUT2D eigenvalue weighted by Gasteiger charge is 2.36. The SMILES string of the molecule is CCN(C)CC(=O)NC1CCC(=O)N(CC(=O)c2ccccc2)C1=O. The molecule has 134 valence electrons. The predicted octanol–water partition coefficient (Wildman–Crippen LogP) is 0.455. The van der Waals surface area contributed by atoms with Gasteiger partial charge in [-0.25, -0.2) is 0 Å². The van der Waals surface area contributed by atoms with Crippen molar-refractivity contribution >= 4 is 23.5 Å². The second-order valence-corrected chi connectivity index (χ2v) is 6.10. The Labute approximate surface area is 147 Å². The monoisotopic (exact) mass is 345 g/mol. The molecule has 1 heterocycles. The maximum atomic E-state index is 12.5. The largest absolute Gasteiger partial charge is 0.343 e. The van der Waals surface area contributed by atoms with Crippen molar-refractivity contribution in [2.24, 2.45) is 0 Å². The summed E-state index contributed by atoms with van der Waals surface area (Å²) in [7, 11) is 1.80. The standard InChI is InChI=1S/C18H23N3O4/c1-3-20(2)12-16(23)19-14-9-10-17(24)21(18(14)25)11-15(22)13-7-5-4-6-8-13/h4-8,14H,3,9-12H2,1-2H3,(H,19,23). The number of likely N-dealkylation sites (tertiary alicyclic amines) is 1. The number of piperidine rings is 1. The number of carbonyl (C=O) groups is 4. The molecule has 1 unspecified atom stereocenters. The second-order valence-electron chi connectivity index (χ2n) is 6.10. The third-order valence-electron chi connectivity index (χ3n) is 4.20. The number of amides is 3. The summed E-state index contributed by atoms with van der Waals surface area (Å²) in [6.07, 6.45) is 0.387. The van der Waals surface area contributed by atoms with Crippen molar-refractivity contribution in [2.45, 2.75) is 25.8 Å². The van der Waals surface area contributed by atoms with Gasteiger partial charge in [0.2, 0.25) is 11.8 Å². The van der Waals surface area contributed by atoms with Gasteiger partial charge in [-0.2, -0.15) is 0 Å². The molecule has 0 bridgehead atoms. The van der Waals surface area contributed by atoms with Gasteiger partial charge >= 0.3 is 0 Å². The molecule has 0 radical (unpaired) electrons. The van der Waals surface area contributed by atoms with Crippen LogP contribution in [0.25, 0.3) is 0 Å². The summed E-state index contributed by atoms with van der Waals surface area (Å²) in [5.41, 5.74) is 0.443. The number of ketones is 1. The van der Waals surface area contributed by atoms with Gasteiger partial charge in [0.05, 0.1) is 13.1 Å². The number of Topliss-reactive ketones (excluding diaryl/α,β-unsaturated/α-hetero) is 1. The third kappa shape index (κ3) is 4.96. The number of nitrogens with one attached hydrogen (secondary N) is 1. The number of hydrogen-bond acceptors (Lipinski definition) is 5. The van der Waals surface area contributed by atoms with Crippen molar-refractivity contribution in [3.63, 3.8) is 0 Å². The normalized spacial score (nSPS) is 17.7. The van der Waals surface area contributed by atoms with Gasteiger partial charge < -0.3 is 5.32 Å². The first-order chi connectivity index (χ1) is 11.9. The lowest BCUT2D eigenvalue weighted by molar-refractivity contribution is -0.150. The number of nitrogens with zero attached hydrogens (tertiary/aromatic N) is 2. The molecular formula is C18H23N3O4. The summed E-state index contributed by atoms with van der Waals surface area (Å²) < 4.78 is 0. The minimum Gasteiger partial charge on any atom is -0.343 e. The molecule has 1 aliphatic heterocycles. The van der Waals surface area contributed by atoms with Crippen LogP contribution in [0, 0.1) is 0 Å². The first kappa shape index (κ1) is 18.8. The van der Waals surface area contributed by atoms with Crippen molar-refractivity contribution in [3.05, 3.63) is 35.9 Å². The van der Waals surface area contributed by atoms with Crippen LogP contribution in [0.3, 0.4) is 0 Å². The highest BCUT2D eigenvalue weighted by molar-refractivity contribution is 6.07. The maximum absolute atomic E-state index is 12.5. The number of hydrogen-bond donors (Lipinski definition) is 1.